The maximum atomic E-state index is 5.50. The minimum Gasteiger partial charge on any atom is -0.497 e. The Morgan fingerprint density at radius 2 is 1.71 bits per heavy atom. The predicted octanol–water partition coefficient (Wildman–Crippen LogP) is 5.63. The molecule has 0 saturated heterocycles. The molecule has 3 aromatic rings. The van der Waals surface area contributed by atoms with Crippen LogP contribution in [-0.4, -0.2) is 19.5 Å². The van der Waals surface area contributed by atoms with Crippen molar-refractivity contribution >= 4 is 11.4 Å². The maximum absolute atomic E-state index is 5.50. The Morgan fingerprint density at radius 1 is 0.964 bits per heavy atom. The van der Waals surface area contributed by atoms with Gasteiger partial charge in [-0.05, 0) is 35.2 Å². The van der Waals surface area contributed by atoms with Gasteiger partial charge in [0, 0.05) is 23.4 Å². The van der Waals surface area contributed by atoms with E-state index in [-0.39, 0.29) is 0 Å². The summed E-state index contributed by atoms with van der Waals surface area (Å²) in [6, 6.07) is 25.6. The highest BCUT2D eigenvalue weighted by atomic mass is 16.5. The Bertz CT molecular complexity index is 975. The van der Waals surface area contributed by atoms with Crippen LogP contribution in [0.25, 0.3) is 0 Å². The fraction of sp³-hybridized carbons (Fsp3) is 0.240. The SMILES string of the molecule is COc1ccc2c(c1)C(c1ccc(C(C)C)cc1)=NCN2Cc1ccccc1. The van der Waals surface area contributed by atoms with E-state index in [0.29, 0.717) is 12.6 Å². The van der Waals surface area contributed by atoms with Crippen LogP contribution in [0.15, 0.2) is 77.8 Å². The molecule has 0 fully saturated rings. The minimum absolute atomic E-state index is 0.524. The first-order valence-electron chi connectivity index (χ1n) is 9.78. The van der Waals surface area contributed by atoms with Gasteiger partial charge in [-0.1, -0.05) is 68.4 Å². The second-order valence-corrected chi connectivity index (χ2v) is 7.49. The minimum atomic E-state index is 0.524. The Morgan fingerprint density at radius 3 is 2.39 bits per heavy atom. The van der Waals surface area contributed by atoms with E-state index in [0.717, 1.165) is 29.1 Å². The number of fused-ring (bicyclic) bond motifs is 1. The van der Waals surface area contributed by atoms with E-state index in [9.17, 15) is 0 Å². The molecule has 3 nitrogen and oxygen atoms in total. The number of benzene rings is 3. The summed E-state index contributed by atoms with van der Waals surface area (Å²) in [4.78, 5) is 7.27. The van der Waals surface area contributed by atoms with Gasteiger partial charge in [0.2, 0.25) is 0 Å². The van der Waals surface area contributed by atoms with E-state index in [2.05, 4.69) is 85.5 Å². The normalized spacial score (nSPS) is 13.3. The third kappa shape index (κ3) is 3.65. The summed E-state index contributed by atoms with van der Waals surface area (Å²) >= 11 is 0. The largest absolute Gasteiger partial charge is 0.497 e. The molecule has 0 aliphatic carbocycles. The first-order valence-corrected chi connectivity index (χ1v) is 9.78. The van der Waals surface area contributed by atoms with Crippen molar-refractivity contribution in [2.24, 2.45) is 4.99 Å². The second kappa shape index (κ2) is 7.89. The lowest BCUT2D eigenvalue weighted by molar-refractivity contribution is 0.414. The van der Waals surface area contributed by atoms with Crippen molar-refractivity contribution in [1.82, 2.24) is 0 Å². The number of hydrogen-bond acceptors (Lipinski definition) is 3. The molecule has 0 radical (unpaired) electrons. The molecule has 3 aromatic carbocycles. The Balaban J connectivity index is 1.72. The lowest BCUT2D eigenvalue weighted by atomic mass is 9.95. The highest BCUT2D eigenvalue weighted by Gasteiger charge is 2.22. The van der Waals surface area contributed by atoms with Crippen LogP contribution >= 0.6 is 0 Å². The highest BCUT2D eigenvalue weighted by molar-refractivity contribution is 6.17. The van der Waals surface area contributed by atoms with Crippen molar-refractivity contribution in [3.8, 4) is 5.75 Å². The molecule has 28 heavy (non-hydrogen) atoms. The summed E-state index contributed by atoms with van der Waals surface area (Å²) in [5.74, 6) is 1.38. The van der Waals surface area contributed by atoms with E-state index in [4.69, 9.17) is 9.73 Å². The molecular formula is C25H26N2O. The number of methoxy groups -OCH3 is 1. The molecule has 1 aliphatic heterocycles. The van der Waals surface area contributed by atoms with Gasteiger partial charge >= 0.3 is 0 Å². The number of anilines is 1. The fourth-order valence-electron chi connectivity index (χ4n) is 3.64. The van der Waals surface area contributed by atoms with E-state index < -0.39 is 0 Å². The van der Waals surface area contributed by atoms with Crippen molar-refractivity contribution in [1.29, 1.82) is 0 Å². The second-order valence-electron chi connectivity index (χ2n) is 7.49. The van der Waals surface area contributed by atoms with Crippen LogP contribution in [0.3, 0.4) is 0 Å². The summed E-state index contributed by atoms with van der Waals surface area (Å²) in [6.45, 7) is 5.92. The highest BCUT2D eigenvalue weighted by Crippen LogP contribution is 2.32. The van der Waals surface area contributed by atoms with Gasteiger partial charge in [-0.3, -0.25) is 4.99 Å². The average molecular weight is 370 g/mol. The van der Waals surface area contributed by atoms with Crippen molar-refractivity contribution in [3.63, 3.8) is 0 Å². The van der Waals surface area contributed by atoms with Crippen molar-refractivity contribution in [2.75, 3.05) is 18.7 Å². The predicted molar refractivity (Wildman–Crippen MR) is 117 cm³/mol. The monoisotopic (exact) mass is 370 g/mol. The molecule has 0 atom stereocenters. The van der Waals surface area contributed by atoms with Gasteiger partial charge in [0.1, 0.15) is 12.4 Å². The van der Waals surface area contributed by atoms with Gasteiger partial charge in [-0.15, -0.1) is 0 Å². The average Bonchev–Trinajstić information content (AvgIpc) is 2.74. The smallest absolute Gasteiger partial charge is 0.119 e. The Hall–Kier alpha value is -3.07. The van der Waals surface area contributed by atoms with Crippen molar-refractivity contribution < 1.29 is 4.74 Å². The first-order chi connectivity index (χ1) is 13.7. The van der Waals surface area contributed by atoms with E-state index >= 15 is 0 Å². The number of hydrogen-bond donors (Lipinski definition) is 0. The van der Waals surface area contributed by atoms with Gasteiger partial charge in [-0.2, -0.15) is 0 Å². The van der Waals surface area contributed by atoms with Gasteiger partial charge in [0.15, 0.2) is 0 Å². The lowest BCUT2D eigenvalue weighted by Gasteiger charge is -2.30. The Labute approximate surface area is 167 Å². The number of aliphatic imine (C=N–C) groups is 1. The molecule has 0 N–H and O–H groups in total. The number of ether oxygens (including phenoxy) is 1. The summed E-state index contributed by atoms with van der Waals surface area (Å²) in [6.07, 6.45) is 0. The summed E-state index contributed by atoms with van der Waals surface area (Å²) in [5.41, 5.74) is 7.13. The van der Waals surface area contributed by atoms with Crippen molar-refractivity contribution in [3.05, 3.63) is 95.1 Å². The van der Waals surface area contributed by atoms with Crippen LogP contribution in [0.4, 0.5) is 5.69 Å². The van der Waals surface area contributed by atoms with Crippen LogP contribution in [0.1, 0.15) is 42.0 Å². The molecule has 0 spiro atoms. The quantitative estimate of drug-likeness (QED) is 0.581. The molecule has 1 aliphatic rings. The zero-order valence-corrected chi connectivity index (χ0v) is 16.7. The van der Waals surface area contributed by atoms with Crippen LogP contribution in [0, 0.1) is 0 Å². The molecule has 4 rings (SSSR count). The maximum Gasteiger partial charge on any atom is 0.119 e. The van der Waals surface area contributed by atoms with Gasteiger partial charge in [0.25, 0.3) is 0 Å². The van der Waals surface area contributed by atoms with E-state index in [1.54, 1.807) is 7.11 Å². The van der Waals surface area contributed by atoms with Crippen LogP contribution < -0.4 is 9.64 Å². The summed E-state index contributed by atoms with van der Waals surface area (Å²) in [5, 5.41) is 0. The third-order valence-corrected chi connectivity index (χ3v) is 5.27. The number of nitrogens with zero attached hydrogens (tertiary/aromatic N) is 2. The first kappa shape index (κ1) is 18.3. The molecule has 1 heterocycles. The molecular weight excluding hydrogens is 344 g/mol. The lowest BCUT2D eigenvalue weighted by Crippen LogP contribution is -2.29. The van der Waals surface area contributed by atoms with Crippen LogP contribution in [0.5, 0.6) is 5.75 Å². The van der Waals surface area contributed by atoms with E-state index in [1.807, 2.05) is 6.07 Å². The fourth-order valence-corrected chi connectivity index (χ4v) is 3.64. The molecule has 0 bridgehead atoms. The van der Waals surface area contributed by atoms with Gasteiger partial charge in [-0.25, -0.2) is 0 Å². The van der Waals surface area contributed by atoms with Gasteiger partial charge < -0.3 is 9.64 Å². The third-order valence-electron chi connectivity index (χ3n) is 5.27. The summed E-state index contributed by atoms with van der Waals surface area (Å²) in [7, 11) is 1.71. The molecule has 0 unspecified atom stereocenters. The number of rotatable bonds is 5. The van der Waals surface area contributed by atoms with Crippen LogP contribution in [-0.2, 0) is 6.54 Å². The summed E-state index contributed by atoms with van der Waals surface area (Å²) < 4.78 is 5.50. The van der Waals surface area contributed by atoms with Crippen LogP contribution in [0.2, 0.25) is 0 Å². The Kier molecular flexibility index (Phi) is 5.16. The zero-order chi connectivity index (χ0) is 19.5. The molecule has 0 amide bonds. The molecule has 3 heteroatoms. The molecule has 0 aromatic heterocycles. The van der Waals surface area contributed by atoms with E-state index in [1.165, 1.54) is 16.8 Å². The zero-order valence-electron chi connectivity index (χ0n) is 16.7. The van der Waals surface area contributed by atoms with Crippen molar-refractivity contribution in [2.45, 2.75) is 26.3 Å². The standard InChI is InChI=1S/C25H26N2O/c1-18(2)20-9-11-21(12-10-20)25-23-15-22(28-3)13-14-24(23)27(17-26-25)16-19-7-5-4-6-8-19/h4-15,18H,16-17H2,1-3H3. The topological polar surface area (TPSA) is 24.8 Å². The van der Waals surface area contributed by atoms with Gasteiger partial charge in [0.05, 0.1) is 12.8 Å². The molecule has 0 saturated carbocycles. The molecule has 142 valence electrons.